The van der Waals surface area contributed by atoms with Crippen molar-refractivity contribution in [2.75, 3.05) is 0 Å². The van der Waals surface area contributed by atoms with E-state index in [1.54, 1.807) is 31.8 Å². The van der Waals surface area contributed by atoms with Crippen molar-refractivity contribution in [3.63, 3.8) is 0 Å². The zero-order valence-electron chi connectivity index (χ0n) is 12.1. The second-order valence-electron chi connectivity index (χ2n) is 4.29. The fourth-order valence-corrected chi connectivity index (χ4v) is 1.47. The van der Waals surface area contributed by atoms with Gasteiger partial charge in [0.1, 0.15) is 11.4 Å². The molecule has 108 valence electrons. The zero-order valence-corrected chi connectivity index (χ0v) is 12.1. The Hall–Kier alpha value is -2.51. The highest BCUT2D eigenvalue weighted by molar-refractivity contribution is 4.97. The van der Waals surface area contributed by atoms with Crippen molar-refractivity contribution >= 4 is 0 Å². The van der Waals surface area contributed by atoms with Gasteiger partial charge in [0.25, 0.3) is 5.56 Å². The molecule has 0 radical (unpaired) electrons. The van der Waals surface area contributed by atoms with E-state index >= 15 is 0 Å². The Bertz CT molecular complexity index is 751. The number of aromatic nitrogens is 5. The molecule has 2 rings (SSSR count). The summed E-state index contributed by atoms with van der Waals surface area (Å²) in [6.45, 7) is 3.27. The van der Waals surface area contributed by atoms with E-state index in [0.717, 1.165) is 9.25 Å². The number of nitrogens with zero attached hydrogens (tertiary/aromatic N) is 5. The monoisotopic (exact) mass is 279 g/mol. The molecule has 20 heavy (non-hydrogen) atoms. The summed E-state index contributed by atoms with van der Waals surface area (Å²) in [5, 5.41) is 7.58. The molecule has 0 fully saturated rings. The smallest absolute Gasteiger partial charge is 0.288 e. The maximum Gasteiger partial charge on any atom is 0.346 e. The van der Waals surface area contributed by atoms with Gasteiger partial charge in [-0.15, -0.1) is 0 Å². The van der Waals surface area contributed by atoms with Gasteiger partial charge in [-0.05, 0) is 13.8 Å². The summed E-state index contributed by atoms with van der Waals surface area (Å²) in [7, 11) is 4.72. The largest absolute Gasteiger partial charge is 0.346 e. The van der Waals surface area contributed by atoms with Crippen LogP contribution in [0.3, 0.4) is 0 Å². The molecule has 2 aromatic heterocycles. The lowest BCUT2D eigenvalue weighted by Gasteiger charge is -2.00. The fourth-order valence-electron chi connectivity index (χ4n) is 1.47. The highest BCUT2D eigenvalue weighted by atomic mass is 16.2. The summed E-state index contributed by atoms with van der Waals surface area (Å²) in [6.07, 6.45) is 1.63. The van der Waals surface area contributed by atoms with E-state index < -0.39 is 5.69 Å². The second kappa shape index (κ2) is 6.09. The number of hydrogen-bond acceptors (Lipinski definition) is 5. The van der Waals surface area contributed by atoms with Crippen LogP contribution in [0, 0.1) is 13.8 Å². The molecule has 8 nitrogen and oxygen atoms in total. The predicted molar refractivity (Wildman–Crippen MR) is 73.7 cm³/mol. The maximum atomic E-state index is 11.0. The minimum Gasteiger partial charge on any atom is -0.288 e. The molecule has 0 atom stereocenters. The molecule has 0 aliphatic rings. The van der Waals surface area contributed by atoms with Gasteiger partial charge in [0.2, 0.25) is 5.43 Å². The van der Waals surface area contributed by atoms with E-state index in [1.807, 2.05) is 0 Å². The van der Waals surface area contributed by atoms with Crippen LogP contribution in [0.1, 0.15) is 11.4 Å². The van der Waals surface area contributed by atoms with Gasteiger partial charge >= 0.3 is 5.69 Å². The molecule has 0 unspecified atom stereocenters. The van der Waals surface area contributed by atoms with Gasteiger partial charge in [-0.25, -0.2) is 9.48 Å². The second-order valence-corrected chi connectivity index (χ2v) is 4.29. The molecule has 2 aromatic rings. The Labute approximate surface area is 114 Å². The van der Waals surface area contributed by atoms with Crippen LogP contribution in [-0.4, -0.2) is 24.1 Å². The van der Waals surface area contributed by atoms with Crippen LogP contribution in [-0.2, 0) is 21.1 Å². The van der Waals surface area contributed by atoms with E-state index in [1.165, 1.54) is 20.2 Å². The molecule has 0 aromatic carbocycles. The Balaban J connectivity index is 0.000000204. The van der Waals surface area contributed by atoms with Crippen molar-refractivity contribution in [1.29, 1.82) is 0 Å². The molecule has 0 aliphatic heterocycles. The van der Waals surface area contributed by atoms with Gasteiger partial charge in [0, 0.05) is 33.4 Å². The third kappa shape index (κ3) is 3.50. The first-order valence-corrected chi connectivity index (χ1v) is 5.85. The highest BCUT2D eigenvalue weighted by Gasteiger charge is 2.02. The lowest BCUT2D eigenvalue weighted by atomic mass is 10.4. The summed E-state index contributed by atoms with van der Waals surface area (Å²) >= 11 is 0. The summed E-state index contributed by atoms with van der Waals surface area (Å²) in [6, 6.07) is 1.50. The molecule has 0 amide bonds. The van der Waals surface area contributed by atoms with Crippen LogP contribution in [0.15, 0.2) is 26.6 Å². The lowest BCUT2D eigenvalue weighted by Crippen LogP contribution is -2.39. The van der Waals surface area contributed by atoms with Crippen molar-refractivity contribution in [3.05, 3.63) is 54.7 Å². The van der Waals surface area contributed by atoms with Gasteiger partial charge in [-0.1, -0.05) is 0 Å². The van der Waals surface area contributed by atoms with Crippen molar-refractivity contribution < 1.29 is 0 Å². The molecule has 0 aliphatic carbocycles. The van der Waals surface area contributed by atoms with Gasteiger partial charge in [-0.3, -0.25) is 18.8 Å². The van der Waals surface area contributed by atoms with E-state index in [4.69, 9.17) is 0 Å². The van der Waals surface area contributed by atoms with Gasteiger partial charge in [-0.2, -0.15) is 10.2 Å². The SMILES string of the molecule is Cc1nn(C)c(=O)n(C)c1=O.Cc1nn(C)ccc1=O. The molecule has 0 saturated carbocycles. The van der Waals surface area contributed by atoms with Crippen molar-refractivity contribution in [2.45, 2.75) is 13.8 Å². The molecule has 2 heterocycles. The first kappa shape index (κ1) is 15.5. The fraction of sp³-hybridized carbons (Fsp3) is 0.417. The van der Waals surface area contributed by atoms with E-state index in [2.05, 4.69) is 10.2 Å². The van der Waals surface area contributed by atoms with Crippen molar-refractivity contribution in [1.82, 2.24) is 24.1 Å². The Kier molecular flexibility index (Phi) is 4.73. The van der Waals surface area contributed by atoms with Crippen LogP contribution < -0.4 is 16.7 Å². The van der Waals surface area contributed by atoms with Crippen LogP contribution in [0.25, 0.3) is 0 Å². The Morgan fingerprint density at radius 2 is 1.55 bits per heavy atom. The molecule has 0 N–H and O–H groups in total. The topological polar surface area (TPSA) is 91.8 Å². The third-order valence-corrected chi connectivity index (χ3v) is 2.58. The Morgan fingerprint density at radius 1 is 0.950 bits per heavy atom. The maximum absolute atomic E-state index is 11.0. The zero-order chi connectivity index (χ0) is 15.4. The minimum absolute atomic E-state index is 0.00639. The number of aryl methyl sites for hydroxylation is 4. The summed E-state index contributed by atoms with van der Waals surface area (Å²) in [5.41, 5.74) is 0.122. The van der Waals surface area contributed by atoms with E-state index in [0.29, 0.717) is 11.4 Å². The van der Waals surface area contributed by atoms with Gasteiger partial charge in [0.05, 0.1) is 0 Å². The number of hydrogen-bond donors (Lipinski definition) is 0. The Morgan fingerprint density at radius 3 is 2.05 bits per heavy atom. The quantitative estimate of drug-likeness (QED) is 0.609. The van der Waals surface area contributed by atoms with Crippen LogP contribution in [0.5, 0.6) is 0 Å². The minimum atomic E-state index is -0.402. The van der Waals surface area contributed by atoms with Crippen LogP contribution in [0.2, 0.25) is 0 Å². The standard InChI is InChI=1S/C6H9N3O2.C6H8N2O/c1-4-5(10)8(2)6(11)9(3)7-4;1-5-6(9)3-4-8(2)7-5/h1-3H3;3-4H,1-2H3. The van der Waals surface area contributed by atoms with E-state index in [-0.39, 0.29) is 11.0 Å². The van der Waals surface area contributed by atoms with Gasteiger partial charge < -0.3 is 0 Å². The van der Waals surface area contributed by atoms with Crippen LogP contribution >= 0.6 is 0 Å². The predicted octanol–water partition coefficient (Wildman–Crippen LogP) is -1.12. The molecule has 0 saturated heterocycles. The molecular formula is C12H17N5O3. The third-order valence-electron chi connectivity index (χ3n) is 2.58. The summed E-state index contributed by atoms with van der Waals surface area (Å²) in [5.74, 6) is 0. The molecular weight excluding hydrogens is 262 g/mol. The molecule has 8 heteroatoms. The molecule has 0 spiro atoms. The number of rotatable bonds is 0. The normalized spacial score (nSPS) is 9.85. The van der Waals surface area contributed by atoms with E-state index in [9.17, 15) is 14.4 Å². The van der Waals surface area contributed by atoms with Crippen molar-refractivity contribution in [3.8, 4) is 0 Å². The van der Waals surface area contributed by atoms with Gasteiger partial charge in [0.15, 0.2) is 0 Å². The van der Waals surface area contributed by atoms with Crippen molar-refractivity contribution in [2.24, 2.45) is 21.1 Å². The lowest BCUT2D eigenvalue weighted by molar-refractivity contribution is 0.587. The average molecular weight is 279 g/mol. The summed E-state index contributed by atoms with van der Waals surface area (Å²) in [4.78, 5) is 32.7. The highest BCUT2D eigenvalue weighted by Crippen LogP contribution is 1.77. The van der Waals surface area contributed by atoms with Crippen LogP contribution in [0.4, 0.5) is 0 Å². The first-order valence-electron chi connectivity index (χ1n) is 5.85. The average Bonchev–Trinajstić information content (AvgIpc) is 2.39. The first-order chi connectivity index (χ1) is 9.23. The molecule has 0 bridgehead atoms. The summed E-state index contributed by atoms with van der Waals surface area (Å²) < 4.78 is 3.77.